The highest BCUT2D eigenvalue weighted by atomic mass is 16.4. The van der Waals surface area contributed by atoms with Crippen LogP contribution in [0.25, 0.3) is 0 Å². The fraction of sp³-hybridized carbons (Fsp3) is 0.533. The average Bonchev–Trinajstić information content (AvgIpc) is 2.41. The van der Waals surface area contributed by atoms with Crippen LogP contribution in [-0.2, 0) is 0 Å². The van der Waals surface area contributed by atoms with Gasteiger partial charge in [-0.15, -0.1) is 0 Å². The van der Waals surface area contributed by atoms with Crippen LogP contribution in [0.3, 0.4) is 0 Å². The second kappa shape index (κ2) is 7.03. The number of aromatic nitrogens is 1. The normalized spacial score (nSPS) is 17.0. The number of carboxylic acids is 1. The van der Waals surface area contributed by atoms with E-state index in [1.807, 2.05) is 0 Å². The highest BCUT2D eigenvalue weighted by molar-refractivity contribution is 6.03. The Morgan fingerprint density at radius 3 is 2.45 bits per heavy atom. The monoisotopic (exact) mass is 276 g/mol. The van der Waals surface area contributed by atoms with Gasteiger partial charge >= 0.3 is 5.97 Å². The van der Waals surface area contributed by atoms with Crippen LogP contribution >= 0.6 is 0 Å². The summed E-state index contributed by atoms with van der Waals surface area (Å²) in [7, 11) is 0. The molecule has 0 atom stereocenters. The molecule has 0 spiro atoms. The molecule has 1 heterocycles. The number of carboxylic acid groups (broad SMARTS) is 1. The van der Waals surface area contributed by atoms with Gasteiger partial charge in [0.2, 0.25) is 0 Å². The molecule has 1 aliphatic rings. The first kappa shape index (κ1) is 14.5. The molecule has 0 bridgehead atoms. The first-order valence-corrected chi connectivity index (χ1v) is 7.17. The molecule has 5 nitrogen and oxygen atoms in total. The molecule has 0 saturated heterocycles. The van der Waals surface area contributed by atoms with Crippen molar-refractivity contribution in [3.63, 3.8) is 0 Å². The zero-order valence-corrected chi connectivity index (χ0v) is 11.5. The van der Waals surface area contributed by atoms with Crippen LogP contribution in [-0.4, -0.2) is 28.0 Å². The van der Waals surface area contributed by atoms with Crippen LogP contribution in [0, 0.1) is 0 Å². The van der Waals surface area contributed by atoms with Crippen LogP contribution in [0.15, 0.2) is 18.3 Å². The van der Waals surface area contributed by atoms with Crippen LogP contribution < -0.4 is 5.32 Å². The molecule has 2 rings (SSSR count). The molecule has 108 valence electrons. The van der Waals surface area contributed by atoms with E-state index >= 15 is 0 Å². The van der Waals surface area contributed by atoms with E-state index in [-0.39, 0.29) is 23.2 Å². The number of carbonyl (C=O) groups excluding carboxylic acids is 1. The maximum absolute atomic E-state index is 12.2. The summed E-state index contributed by atoms with van der Waals surface area (Å²) < 4.78 is 0. The molecular weight excluding hydrogens is 256 g/mol. The lowest BCUT2D eigenvalue weighted by Crippen LogP contribution is -2.36. The van der Waals surface area contributed by atoms with Crippen LogP contribution in [0.2, 0.25) is 0 Å². The van der Waals surface area contributed by atoms with Gasteiger partial charge in [-0.05, 0) is 25.0 Å². The van der Waals surface area contributed by atoms with E-state index in [1.165, 1.54) is 37.6 Å². The first-order valence-electron chi connectivity index (χ1n) is 7.17. The quantitative estimate of drug-likeness (QED) is 0.889. The van der Waals surface area contributed by atoms with Crippen molar-refractivity contribution in [2.75, 3.05) is 0 Å². The number of hydrogen-bond donors (Lipinski definition) is 2. The van der Waals surface area contributed by atoms with E-state index < -0.39 is 5.97 Å². The van der Waals surface area contributed by atoms with Crippen LogP contribution in [0.4, 0.5) is 0 Å². The Bertz CT molecular complexity index is 480. The molecule has 1 aromatic heterocycles. The predicted octanol–water partition coefficient (Wildman–Crippen LogP) is 2.62. The molecule has 1 saturated carbocycles. The lowest BCUT2D eigenvalue weighted by atomic mass is 9.96. The highest BCUT2D eigenvalue weighted by Crippen LogP contribution is 2.17. The Labute approximate surface area is 118 Å². The highest BCUT2D eigenvalue weighted by Gasteiger charge is 2.20. The van der Waals surface area contributed by atoms with Crippen molar-refractivity contribution in [2.45, 2.75) is 51.0 Å². The van der Waals surface area contributed by atoms with Gasteiger partial charge in [-0.1, -0.05) is 32.1 Å². The smallest absolute Gasteiger partial charge is 0.338 e. The van der Waals surface area contributed by atoms with Gasteiger partial charge in [0.25, 0.3) is 5.91 Å². The van der Waals surface area contributed by atoms with Gasteiger partial charge in [-0.3, -0.25) is 9.78 Å². The molecule has 0 aliphatic heterocycles. The minimum Gasteiger partial charge on any atom is -0.478 e. The van der Waals surface area contributed by atoms with Gasteiger partial charge in [0, 0.05) is 12.2 Å². The van der Waals surface area contributed by atoms with Crippen molar-refractivity contribution < 1.29 is 14.7 Å². The zero-order chi connectivity index (χ0) is 14.4. The summed E-state index contributed by atoms with van der Waals surface area (Å²) >= 11 is 0. The minimum atomic E-state index is -1.12. The van der Waals surface area contributed by atoms with E-state index in [0.29, 0.717) is 0 Å². The number of amides is 1. The summed E-state index contributed by atoms with van der Waals surface area (Å²) in [6, 6.07) is 3.06. The third-order valence-electron chi connectivity index (χ3n) is 3.69. The van der Waals surface area contributed by atoms with E-state index in [9.17, 15) is 9.59 Å². The standard InChI is InChI=1S/C15H20N2O3/c18-14(13-12(15(19)20)9-6-10-16-13)17-11-7-4-2-1-3-5-8-11/h6,9-11H,1-5,7-8H2,(H,17,18)(H,19,20). The second-order valence-corrected chi connectivity index (χ2v) is 5.22. The Morgan fingerprint density at radius 1 is 1.15 bits per heavy atom. The molecule has 1 aromatic rings. The number of rotatable bonds is 3. The Hall–Kier alpha value is -1.91. The maximum Gasteiger partial charge on any atom is 0.338 e. The molecule has 1 fully saturated rings. The Balaban J connectivity index is 2.05. The van der Waals surface area contributed by atoms with Crippen molar-refractivity contribution in [2.24, 2.45) is 0 Å². The summed E-state index contributed by atoms with van der Waals surface area (Å²) in [6.45, 7) is 0. The molecular formula is C15H20N2O3. The molecule has 2 N–H and O–H groups in total. The van der Waals surface area contributed by atoms with Gasteiger partial charge in [-0.2, -0.15) is 0 Å². The van der Waals surface area contributed by atoms with Gasteiger partial charge in [0.05, 0.1) is 5.56 Å². The van der Waals surface area contributed by atoms with Gasteiger partial charge in [-0.25, -0.2) is 4.79 Å². The number of pyridine rings is 1. The molecule has 0 unspecified atom stereocenters. The predicted molar refractivity (Wildman–Crippen MR) is 74.8 cm³/mol. The van der Waals surface area contributed by atoms with Crippen molar-refractivity contribution in [1.82, 2.24) is 10.3 Å². The third kappa shape index (κ3) is 3.79. The molecule has 0 aromatic carbocycles. The summed E-state index contributed by atoms with van der Waals surface area (Å²) in [5.74, 6) is -1.51. The van der Waals surface area contributed by atoms with Crippen LogP contribution in [0.5, 0.6) is 0 Å². The SMILES string of the molecule is O=C(O)c1cccnc1C(=O)NC1CCCCCCC1. The van der Waals surface area contributed by atoms with Crippen molar-refractivity contribution in [3.8, 4) is 0 Å². The Morgan fingerprint density at radius 2 is 1.80 bits per heavy atom. The number of nitrogens with one attached hydrogen (secondary N) is 1. The lowest BCUT2D eigenvalue weighted by molar-refractivity contribution is 0.0689. The van der Waals surface area contributed by atoms with Gasteiger partial charge in [0.1, 0.15) is 5.69 Å². The van der Waals surface area contributed by atoms with E-state index in [1.54, 1.807) is 0 Å². The average molecular weight is 276 g/mol. The molecule has 0 radical (unpaired) electrons. The number of hydrogen-bond acceptors (Lipinski definition) is 3. The fourth-order valence-electron chi connectivity index (χ4n) is 2.61. The van der Waals surface area contributed by atoms with Crippen molar-refractivity contribution >= 4 is 11.9 Å². The zero-order valence-electron chi connectivity index (χ0n) is 11.5. The fourth-order valence-corrected chi connectivity index (χ4v) is 2.61. The largest absolute Gasteiger partial charge is 0.478 e. The number of carbonyl (C=O) groups is 2. The molecule has 20 heavy (non-hydrogen) atoms. The van der Waals surface area contributed by atoms with E-state index in [0.717, 1.165) is 25.7 Å². The maximum atomic E-state index is 12.2. The molecule has 5 heteroatoms. The summed E-state index contributed by atoms with van der Waals surface area (Å²) in [5, 5.41) is 12.0. The topological polar surface area (TPSA) is 79.3 Å². The number of aromatic carboxylic acids is 1. The molecule has 1 aliphatic carbocycles. The van der Waals surface area contributed by atoms with Gasteiger partial charge < -0.3 is 10.4 Å². The number of nitrogens with zero attached hydrogens (tertiary/aromatic N) is 1. The summed E-state index contributed by atoms with van der Waals surface area (Å²) in [4.78, 5) is 27.2. The van der Waals surface area contributed by atoms with Crippen molar-refractivity contribution in [1.29, 1.82) is 0 Å². The minimum absolute atomic E-state index is 0.00191. The first-order chi connectivity index (χ1) is 9.68. The summed E-state index contributed by atoms with van der Waals surface area (Å²) in [5.41, 5.74) is -0.0436. The van der Waals surface area contributed by atoms with E-state index in [2.05, 4.69) is 10.3 Å². The van der Waals surface area contributed by atoms with E-state index in [4.69, 9.17) is 5.11 Å². The Kier molecular flexibility index (Phi) is 5.09. The van der Waals surface area contributed by atoms with Crippen molar-refractivity contribution in [3.05, 3.63) is 29.6 Å². The van der Waals surface area contributed by atoms with Crippen LogP contribution in [0.1, 0.15) is 65.8 Å². The summed E-state index contributed by atoms with van der Waals surface area (Å²) in [6.07, 6.45) is 9.26. The van der Waals surface area contributed by atoms with Gasteiger partial charge in [0.15, 0.2) is 0 Å². The lowest BCUT2D eigenvalue weighted by Gasteiger charge is -2.21. The third-order valence-corrected chi connectivity index (χ3v) is 3.69. The second-order valence-electron chi connectivity index (χ2n) is 5.22. The molecule has 1 amide bonds.